The minimum atomic E-state index is 0.563. The summed E-state index contributed by atoms with van der Waals surface area (Å²) in [5.74, 6) is 2.47. The summed E-state index contributed by atoms with van der Waals surface area (Å²) in [6.45, 7) is 9.97. The molecule has 2 rings (SSSR count). The van der Waals surface area contributed by atoms with E-state index in [1.54, 1.807) is 0 Å². The van der Waals surface area contributed by atoms with E-state index in [-0.39, 0.29) is 0 Å². The van der Waals surface area contributed by atoms with Gasteiger partial charge >= 0.3 is 0 Å². The number of nitrogens with one attached hydrogen (secondary N) is 2. The number of rotatable bonds is 9. The Labute approximate surface area is 164 Å². The van der Waals surface area contributed by atoms with Crippen molar-refractivity contribution in [2.75, 3.05) is 53.6 Å². The highest BCUT2D eigenvalue weighted by Gasteiger charge is 2.16. The van der Waals surface area contributed by atoms with Gasteiger partial charge in [0.25, 0.3) is 0 Å². The summed E-state index contributed by atoms with van der Waals surface area (Å²) in [4.78, 5) is 6.76. The second kappa shape index (κ2) is 11.8. The third-order valence-electron chi connectivity index (χ3n) is 4.98. The fourth-order valence-electron chi connectivity index (χ4n) is 3.20. The van der Waals surface area contributed by atoms with Gasteiger partial charge in [-0.1, -0.05) is 12.1 Å². The van der Waals surface area contributed by atoms with Crippen molar-refractivity contribution in [1.29, 1.82) is 0 Å². The molecule has 0 bridgehead atoms. The lowest BCUT2D eigenvalue weighted by Crippen LogP contribution is -2.42. The van der Waals surface area contributed by atoms with Gasteiger partial charge in [0.2, 0.25) is 0 Å². The normalized spacial score (nSPS) is 16.4. The molecule has 1 fully saturated rings. The third kappa shape index (κ3) is 7.77. The molecule has 1 aromatic carbocycles. The molecule has 1 aromatic rings. The molecule has 1 heterocycles. The minimum Gasteiger partial charge on any atom is -0.491 e. The van der Waals surface area contributed by atoms with Crippen LogP contribution in [-0.2, 0) is 11.3 Å². The SMILES string of the molecule is CCOCCOc1cc(C)ccc1CNC(=NC)NCC1CCN(C)CC1. The zero-order valence-electron chi connectivity index (χ0n) is 17.4. The molecule has 0 spiro atoms. The van der Waals surface area contributed by atoms with Crippen LogP contribution in [0.2, 0.25) is 0 Å². The summed E-state index contributed by atoms with van der Waals surface area (Å²) in [5, 5.41) is 6.89. The van der Waals surface area contributed by atoms with E-state index >= 15 is 0 Å². The number of benzene rings is 1. The number of hydrogen-bond acceptors (Lipinski definition) is 4. The molecule has 0 saturated carbocycles. The van der Waals surface area contributed by atoms with Crippen LogP contribution in [0.25, 0.3) is 0 Å². The van der Waals surface area contributed by atoms with Crippen LogP contribution in [0.4, 0.5) is 0 Å². The lowest BCUT2D eigenvalue weighted by Gasteiger charge is -2.29. The number of aryl methyl sites for hydroxylation is 1. The number of likely N-dealkylation sites (tertiary alicyclic amines) is 1. The zero-order valence-corrected chi connectivity index (χ0v) is 17.4. The second-order valence-electron chi connectivity index (χ2n) is 7.21. The van der Waals surface area contributed by atoms with Crippen molar-refractivity contribution in [3.05, 3.63) is 29.3 Å². The van der Waals surface area contributed by atoms with Crippen LogP contribution in [0.15, 0.2) is 23.2 Å². The first-order chi connectivity index (χ1) is 13.1. The number of aliphatic imine (C=N–C) groups is 1. The van der Waals surface area contributed by atoms with Gasteiger partial charge in [0.1, 0.15) is 12.4 Å². The Morgan fingerprint density at radius 3 is 2.70 bits per heavy atom. The molecule has 6 nitrogen and oxygen atoms in total. The minimum absolute atomic E-state index is 0.563. The molecule has 0 unspecified atom stereocenters. The highest BCUT2D eigenvalue weighted by Crippen LogP contribution is 2.20. The number of nitrogens with zero attached hydrogens (tertiary/aromatic N) is 2. The van der Waals surface area contributed by atoms with Crippen molar-refractivity contribution in [3.8, 4) is 5.75 Å². The maximum absolute atomic E-state index is 5.92. The number of hydrogen-bond donors (Lipinski definition) is 2. The molecule has 0 atom stereocenters. The summed E-state index contributed by atoms with van der Waals surface area (Å²) in [6.07, 6.45) is 2.49. The highest BCUT2D eigenvalue weighted by atomic mass is 16.5. The predicted molar refractivity (Wildman–Crippen MR) is 112 cm³/mol. The van der Waals surface area contributed by atoms with Gasteiger partial charge in [-0.05, 0) is 64.4 Å². The van der Waals surface area contributed by atoms with E-state index in [0.717, 1.165) is 29.7 Å². The van der Waals surface area contributed by atoms with Gasteiger partial charge in [0.15, 0.2) is 5.96 Å². The van der Waals surface area contributed by atoms with E-state index in [0.29, 0.717) is 26.4 Å². The summed E-state index contributed by atoms with van der Waals surface area (Å²) < 4.78 is 11.3. The van der Waals surface area contributed by atoms with Crippen molar-refractivity contribution < 1.29 is 9.47 Å². The molecule has 2 N–H and O–H groups in total. The fraction of sp³-hybridized carbons (Fsp3) is 0.667. The van der Waals surface area contributed by atoms with E-state index in [9.17, 15) is 0 Å². The second-order valence-corrected chi connectivity index (χ2v) is 7.21. The van der Waals surface area contributed by atoms with Crippen LogP contribution in [0.5, 0.6) is 5.75 Å². The molecule has 1 saturated heterocycles. The standard InChI is InChI=1S/C21H36N4O2/c1-5-26-12-13-27-20-14-17(2)6-7-19(20)16-24-21(22-3)23-15-18-8-10-25(4)11-9-18/h6-7,14,18H,5,8-13,15-16H2,1-4H3,(H2,22,23,24). The molecule has 6 heteroatoms. The molecule has 0 aliphatic carbocycles. The van der Waals surface area contributed by atoms with Crippen molar-refractivity contribution in [2.45, 2.75) is 33.2 Å². The molecule has 0 radical (unpaired) electrons. The van der Waals surface area contributed by atoms with Crippen LogP contribution < -0.4 is 15.4 Å². The zero-order chi connectivity index (χ0) is 19.5. The largest absolute Gasteiger partial charge is 0.491 e. The maximum atomic E-state index is 5.92. The monoisotopic (exact) mass is 376 g/mol. The Morgan fingerprint density at radius 2 is 2.00 bits per heavy atom. The Balaban J connectivity index is 1.82. The summed E-state index contributed by atoms with van der Waals surface area (Å²) in [6, 6.07) is 6.31. The van der Waals surface area contributed by atoms with E-state index in [4.69, 9.17) is 9.47 Å². The fourth-order valence-corrected chi connectivity index (χ4v) is 3.20. The number of piperidine rings is 1. The van der Waals surface area contributed by atoms with Crippen LogP contribution in [0.3, 0.4) is 0 Å². The van der Waals surface area contributed by atoms with E-state index in [1.807, 2.05) is 14.0 Å². The quantitative estimate of drug-likeness (QED) is 0.394. The number of ether oxygens (including phenoxy) is 2. The molecule has 0 aromatic heterocycles. The summed E-state index contributed by atoms with van der Waals surface area (Å²) in [7, 11) is 4.01. The van der Waals surface area contributed by atoms with Crippen LogP contribution in [0, 0.1) is 12.8 Å². The van der Waals surface area contributed by atoms with Crippen LogP contribution in [0.1, 0.15) is 30.9 Å². The van der Waals surface area contributed by atoms with Crippen molar-refractivity contribution in [3.63, 3.8) is 0 Å². The Kier molecular flexibility index (Phi) is 9.42. The van der Waals surface area contributed by atoms with E-state index < -0.39 is 0 Å². The summed E-state index contributed by atoms with van der Waals surface area (Å²) in [5.41, 5.74) is 2.31. The average molecular weight is 377 g/mol. The topological polar surface area (TPSA) is 58.1 Å². The molecule has 27 heavy (non-hydrogen) atoms. The van der Waals surface area contributed by atoms with Crippen LogP contribution >= 0.6 is 0 Å². The van der Waals surface area contributed by atoms with Gasteiger partial charge in [-0.15, -0.1) is 0 Å². The molecule has 152 valence electrons. The average Bonchev–Trinajstić information content (AvgIpc) is 2.68. The predicted octanol–water partition coefficient (Wildman–Crippen LogP) is 2.42. The van der Waals surface area contributed by atoms with Crippen molar-refractivity contribution in [2.24, 2.45) is 10.9 Å². The van der Waals surface area contributed by atoms with Gasteiger partial charge in [0.05, 0.1) is 6.61 Å². The Morgan fingerprint density at radius 1 is 1.22 bits per heavy atom. The highest BCUT2D eigenvalue weighted by molar-refractivity contribution is 5.79. The molecular weight excluding hydrogens is 340 g/mol. The first-order valence-electron chi connectivity index (χ1n) is 10.1. The first kappa shape index (κ1) is 21.5. The van der Waals surface area contributed by atoms with Crippen molar-refractivity contribution in [1.82, 2.24) is 15.5 Å². The first-order valence-corrected chi connectivity index (χ1v) is 10.1. The van der Waals surface area contributed by atoms with E-state index in [2.05, 4.69) is 52.7 Å². The van der Waals surface area contributed by atoms with Crippen molar-refractivity contribution >= 4 is 5.96 Å². The van der Waals surface area contributed by atoms with Gasteiger partial charge in [-0.2, -0.15) is 0 Å². The number of guanidine groups is 1. The van der Waals surface area contributed by atoms with Gasteiger partial charge < -0.3 is 25.0 Å². The Bertz CT molecular complexity index is 584. The van der Waals surface area contributed by atoms with Gasteiger partial charge in [-0.3, -0.25) is 4.99 Å². The third-order valence-corrected chi connectivity index (χ3v) is 4.98. The maximum Gasteiger partial charge on any atom is 0.191 e. The lowest BCUT2D eigenvalue weighted by atomic mass is 9.97. The molecule has 1 aliphatic heterocycles. The Hall–Kier alpha value is -1.79. The lowest BCUT2D eigenvalue weighted by molar-refractivity contribution is 0.110. The van der Waals surface area contributed by atoms with Gasteiger partial charge in [0, 0.05) is 32.3 Å². The molecule has 0 amide bonds. The van der Waals surface area contributed by atoms with E-state index in [1.165, 1.54) is 31.5 Å². The molecular formula is C21H36N4O2. The van der Waals surface area contributed by atoms with Gasteiger partial charge in [-0.25, -0.2) is 0 Å². The van der Waals surface area contributed by atoms with Crippen LogP contribution in [-0.4, -0.2) is 64.4 Å². The smallest absolute Gasteiger partial charge is 0.191 e. The molecule has 1 aliphatic rings. The summed E-state index contributed by atoms with van der Waals surface area (Å²) >= 11 is 0.